The summed E-state index contributed by atoms with van der Waals surface area (Å²) in [6, 6.07) is 3.58. The number of ether oxygens (including phenoxy) is 1. The Morgan fingerprint density at radius 2 is 2.53 bits per heavy atom. The van der Waals surface area contributed by atoms with Crippen LogP contribution in [0.15, 0.2) is 12.3 Å². The normalized spacial score (nSPS) is 18.9. The number of hydrogen-bond acceptors (Lipinski definition) is 4. The third kappa shape index (κ3) is 3.09. The summed E-state index contributed by atoms with van der Waals surface area (Å²) in [6.45, 7) is 2.74. The second kappa shape index (κ2) is 5.85. The number of nitrogens with zero attached hydrogens (tertiary/aromatic N) is 2. The number of nitriles is 1. The first-order valence-electron chi connectivity index (χ1n) is 5.69. The van der Waals surface area contributed by atoms with Crippen LogP contribution in [-0.2, 0) is 0 Å². The fourth-order valence-electron chi connectivity index (χ4n) is 1.89. The number of pyridine rings is 1. The highest BCUT2D eigenvalue weighted by Gasteiger charge is 2.15. The molecular weight excluding hydrogens is 238 g/mol. The fourth-order valence-corrected chi connectivity index (χ4v) is 2.10. The molecule has 1 unspecified atom stereocenters. The lowest BCUT2D eigenvalue weighted by atomic mass is 10.1. The van der Waals surface area contributed by atoms with Crippen molar-refractivity contribution in [1.82, 2.24) is 10.3 Å². The minimum absolute atomic E-state index is 0.305. The fraction of sp³-hybridized carbons (Fsp3) is 0.500. The van der Waals surface area contributed by atoms with Crippen LogP contribution in [0.25, 0.3) is 0 Å². The Labute approximate surface area is 106 Å². The third-order valence-corrected chi connectivity index (χ3v) is 3.27. The Bertz CT molecular complexity index is 424. The summed E-state index contributed by atoms with van der Waals surface area (Å²) in [5.74, 6) is 1.03. The Morgan fingerprint density at radius 1 is 1.65 bits per heavy atom. The number of hydrogen-bond donors (Lipinski definition) is 1. The van der Waals surface area contributed by atoms with Crippen molar-refractivity contribution < 1.29 is 4.74 Å². The second-order valence-corrected chi connectivity index (χ2v) is 4.46. The number of rotatable bonds is 4. The molecular formula is C12H14ClN3O. The van der Waals surface area contributed by atoms with E-state index in [4.69, 9.17) is 21.6 Å². The van der Waals surface area contributed by atoms with Gasteiger partial charge in [-0.15, -0.1) is 0 Å². The molecule has 1 saturated heterocycles. The molecule has 4 nitrogen and oxygen atoms in total. The van der Waals surface area contributed by atoms with Crippen LogP contribution in [0.4, 0.5) is 0 Å². The van der Waals surface area contributed by atoms with E-state index in [1.807, 2.05) is 6.07 Å². The first kappa shape index (κ1) is 12.2. The zero-order valence-electron chi connectivity index (χ0n) is 9.45. The van der Waals surface area contributed by atoms with Crippen molar-refractivity contribution in [3.8, 4) is 11.9 Å². The molecule has 0 amide bonds. The highest BCUT2D eigenvalue weighted by Crippen LogP contribution is 2.25. The van der Waals surface area contributed by atoms with Crippen LogP contribution < -0.4 is 10.1 Å². The van der Waals surface area contributed by atoms with Crippen LogP contribution in [0.5, 0.6) is 5.88 Å². The van der Waals surface area contributed by atoms with Crippen molar-refractivity contribution in [2.75, 3.05) is 19.7 Å². The standard InChI is InChI=1S/C12H14ClN3O/c13-11-10(7-14)2-5-16-12(11)17-6-3-9-1-4-15-8-9/h2,5,9,15H,1,3-4,6,8H2. The van der Waals surface area contributed by atoms with Gasteiger partial charge in [0.25, 0.3) is 0 Å². The molecule has 2 heterocycles. The van der Waals surface area contributed by atoms with Gasteiger partial charge in [0.15, 0.2) is 0 Å². The highest BCUT2D eigenvalue weighted by molar-refractivity contribution is 6.32. The van der Waals surface area contributed by atoms with E-state index in [2.05, 4.69) is 10.3 Å². The Hall–Kier alpha value is -1.31. The van der Waals surface area contributed by atoms with E-state index in [0.29, 0.717) is 29.0 Å². The molecule has 5 heteroatoms. The molecule has 0 aliphatic carbocycles. The van der Waals surface area contributed by atoms with Crippen LogP contribution in [0.1, 0.15) is 18.4 Å². The molecule has 1 N–H and O–H groups in total. The zero-order chi connectivity index (χ0) is 12.1. The summed E-state index contributed by atoms with van der Waals surface area (Å²) in [6.07, 6.45) is 3.72. The van der Waals surface area contributed by atoms with Gasteiger partial charge in [-0.2, -0.15) is 5.26 Å². The van der Waals surface area contributed by atoms with Gasteiger partial charge in [0.05, 0.1) is 12.2 Å². The molecule has 1 aliphatic heterocycles. The average molecular weight is 252 g/mol. The van der Waals surface area contributed by atoms with Gasteiger partial charge in [0.1, 0.15) is 11.1 Å². The topological polar surface area (TPSA) is 57.9 Å². The van der Waals surface area contributed by atoms with Crippen LogP contribution in [0.3, 0.4) is 0 Å². The first-order valence-corrected chi connectivity index (χ1v) is 6.07. The van der Waals surface area contributed by atoms with Gasteiger partial charge in [-0.25, -0.2) is 4.98 Å². The van der Waals surface area contributed by atoms with Crippen molar-refractivity contribution in [3.05, 3.63) is 22.8 Å². The largest absolute Gasteiger partial charge is 0.477 e. The van der Waals surface area contributed by atoms with Gasteiger partial charge in [-0.05, 0) is 37.9 Å². The van der Waals surface area contributed by atoms with Crippen molar-refractivity contribution in [3.63, 3.8) is 0 Å². The van der Waals surface area contributed by atoms with E-state index in [1.54, 1.807) is 6.07 Å². The number of nitrogens with one attached hydrogen (secondary N) is 1. The minimum atomic E-state index is 0.305. The van der Waals surface area contributed by atoms with Crippen LogP contribution >= 0.6 is 11.6 Å². The van der Waals surface area contributed by atoms with E-state index in [1.165, 1.54) is 12.6 Å². The summed E-state index contributed by atoms with van der Waals surface area (Å²) in [4.78, 5) is 4.03. The van der Waals surface area contributed by atoms with Crippen LogP contribution in [0, 0.1) is 17.2 Å². The summed E-state index contributed by atoms with van der Waals surface area (Å²) < 4.78 is 5.52. The molecule has 0 aromatic carbocycles. The van der Waals surface area contributed by atoms with Crippen LogP contribution in [-0.4, -0.2) is 24.7 Å². The van der Waals surface area contributed by atoms with E-state index in [9.17, 15) is 0 Å². The van der Waals surface area contributed by atoms with Gasteiger partial charge in [-0.1, -0.05) is 11.6 Å². The lowest BCUT2D eigenvalue weighted by Gasteiger charge is -2.10. The third-order valence-electron chi connectivity index (χ3n) is 2.90. The predicted molar refractivity (Wildman–Crippen MR) is 65.1 cm³/mol. The van der Waals surface area contributed by atoms with Gasteiger partial charge in [0, 0.05) is 6.20 Å². The summed E-state index contributed by atoms with van der Waals surface area (Å²) in [5, 5.41) is 12.4. The molecule has 0 radical (unpaired) electrons. The summed E-state index contributed by atoms with van der Waals surface area (Å²) >= 11 is 5.98. The molecule has 1 aromatic heterocycles. The van der Waals surface area contributed by atoms with Gasteiger partial charge in [-0.3, -0.25) is 0 Å². The molecule has 1 atom stereocenters. The molecule has 1 aliphatic rings. The predicted octanol–water partition coefficient (Wildman–Crippen LogP) is 1.99. The number of aromatic nitrogens is 1. The van der Waals surface area contributed by atoms with Crippen molar-refractivity contribution in [2.24, 2.45) is 5.92 Å². The molecule has 17 heavy (non-hydrogen) atoms. The number of halogens is 1. The quantitative estimate of drug-likeness (QED) is 0.889. The van der Waals surface area contributed by atoms with E-state index < -0.39 is 0 Å². The lowest BCUT2D eigenvalue weighted by Crippen LogP contribution is -2.12. The monoisotopic (exact) mass is 251 g/mol. The Morgan fingerprint density at radius 3 is 3.24 bits per heavy atom. The summed E-state index contributed by atoms with van der Waals surface area (Å²) in [7, 11) is 0. The Kier molecular flexibility index (Phi) is 4.18. The van der Waals surface area contributed by atoms with Crippen LogP contribution in [0.2, 0.25) is 5.02 Å². The SMILES string of the molecule is N#Cc1ccnc(OCCC2CCNC2)c1Cl. The average Bonchev–Trinajstić information content (AvgIpc) is 2.84. The molecule has 0 spiro atoms. The molecule has 1 aromatic rings. The van der Waals surface area contributed by atoms with E-state index in [0.717, 1.165) is 19.5 Å². The minimum Gasteiger partial charge on any atom is -0.477 e. The first-order chi connectivity index (χ1) is 8.31. The maximum atomic E-state index is 8.81. The lowest BCUT2D eigenvalue weighted by molar-refractivity contribution is 0.274. The molecule has 0 bridgehead atoms. The van der Waals surface area contributed by atoms with Gasteiger partial charge < -0.3 is 10.1 Å². The van der Waals surface area contributed by atoms with Crippen molar-refractivity contribution >= 4 is 11.6 Å². The van der Waals surface area contributed by atoms with E-state index in [-0.39, 0.29) is 0 Å². The molecule has 2 rings (SSSR count). The maximum absolute atomic E-state index is 8.81. The Balaban J connectivity index is 1.88. The highest BCUT2D eigenvalue weighted by atomic mass is 35.5. The van der Waals surface area contributed by atoms with Crippen molar-refractivity contribution in [1.29, 1.82) is 5.26 Å². The molecule has 1 fully saturated rings. The smallest absolute Gasteiger partial charge is 0.233 e. The summed E-state index contributed by atoms with van der Waals surface area (Å²) in [5.41, 5.74) is 0.402. The maximum Gasteiger partial charge on any atom is 0.233 e. The van der Waals surface area contributed by atoms with Gasteiger partial charge in [0.2, 0.25) is 5.88 Å². The van der Waals surface area contributed by atoms with Gasteiger partial charge >= 0.3 is 0 Å². The molecule has 90 valence electrons. The zero-order valence-corrected chi connectivity index (χ0v) is 10.2. The van der Waals surface area contributed by atoms with E-state index >= 15 is 0 Å². The second-order valence-electron chi connectivity index (χ2n) is 4.09. The van der Waals surface area contributed by atoms with Crippen molar-refractivity contribution in [2.45, 2.75) is 12.8 Å². The molecule has 0 saturated carbocycles.